The van der Waals surface area contributed by atoms with E-state index in [2.05, 4.69) is 50.2 Å². The summed E-state index contributed by atoms with van der Waals surface area (Å²) in [4.78, 5) is 1.49. The number of rotatable bonds is 0. The molecule has 4 rings (SSSR count). The zero-order valence-electron chi connectivity index (χ0n) is 10.6. The Morgan fingerprint density at radius 1 is 0.944 bits per heavy atom. The first kappa shape index (κ1) is 10.3. The molecule has 0 nitrogen and oxygen atoms in total. The summed E-state index contributed by atoms with van der Waals surface area (Å²) in [5.41, 5.74) is 7.21. The van der Waals surface area contributed by atoms with E-state index in [4.69, 9.17) is 0 Å². The van der Waals surface area contributed by atoms with Crippen LogP contribution in [-0.4, -0.2) is 0 Å². The lowest BCUT2D eigenvalue weighted by molar-refractivity contribution is 1.28. The van der Waals surface area contributed by atoms with Gasteiger partial charge in [-0.25, -0.2) is 0 Å². The molecular formula is C17H14S. The van der Waals surface area contributed by atoms with Gasteiger partial charge in [-0.2, -0.15) is 0 Å². The van der Waals surface area contributed by atoms with Gasteiger partial charge in [0.25, 0.3) is 0 Å². The molecule has 1 heterocycles. The molecule has 1 aliphatic carbocycles. The molecule has 3 aromatic rings. The highest BCUT2D eigenvalue weighted by Gasteiger charge is 2.23. The van der Waals surface area contributed by atoms with Gasteiger partial charge >= 0.3 is 0 Å². The smallest absolute Gasteiger partial charge is 0.0393 e. The molecule has 0 unspecified atom stereocenters. The van der Waals surface area contributed by atoms with E-state index in [1.54, 1.807) is 5.56 Å². The maximum Gasteiger partial charge on any atom is 0.0393 e. The molecule has 0 atom stereocenters. The molecule has 0 saturated carbocycles. The molecule has 0 amide bonds. The van der Waals surface area contributed by atoms with E-state index in [1.807, 2.05) is 11.3 Å². The molecule has 18 heavy (non-hydrogen) atoms. The largest absolute Gasteiger partial charge is 0.135 e. The summed E-state index contributed by atoms with van der Waals surface area (Å²) in [5, 5.41) is 1.46. The number of aryl methyl sites for hydroxylation is 2. The standard InChI is InChI=1S/C17H14S/c1-10-3-5-12-9-15-14-8-11(2)4-6-16(14)18-17(15)13(12)7-10/h3-8H,9H2,1-2H3. The van der Waals surface area contributed by atoms with Crippen molar-refractivity contribution in [2.24, 2.45) is 0 Å². The van der Waals surface area contributed by atoms with Gasteiger partial charge in [0.15, 0.2) is 0 Å². The summed E-state index contributed by atoms with van der Waals surface area (Å²) in [5.74, 6) is 0. The SMILES string of the molecule is Cc1ccc2c(c1)-c1sc3ccc(C)cc3c1C2. The summed E-state index contributed by atoms with van der Waals surface area (Å²) in [6.07, 6.45) is 1.11. The lowest BCUT2D eigenvalue weighted by Crippen LogP contribution is -1.82. The third-order valence-electron chi connectivity index (χ3n) is 3.82. The van der Waals surface area contributed by atoms with Crippen molar-refractivity contribution in [2.45, 2.75) is 20.3 Å². The molecular weight excluding hydrogens is 236 g/mol. The van der Waals surface area contributed by atoms with Gasteiger partial charge in [0.1, 0.15) is 0 Å². The molecule has 1 heteroatoms. The highest BCUT2D eigenvalue weighted by atomic mass is 32.1. The normalized spacial score (nSPS) is 12.8. The Kier molecular flexibility index (Phi) is 1.98. The van der Waals surface area contributed by atoms with Crippen LogP contribution in [0.2, 0.25) is 0 Å². The molecule has 0 bridgehead atoms. The number of fused-ring (bicyclic) bond motifs is 5. The zero-order chi connectivity index (χ0) is 12.3. The van der Waals surface area contributed by atoms with Crippen LogP contribution in [0.3, 0.4) is 0 Å². The molecule has 2 aromatic carbocycles. The molecule has 0 aliphatic heterocycles. The van der Waals surface area contributed by atoms with E-state index < -0.39 is 0 Å². The Hall–Kier alpha value is -1.60. The van der Waals surface area contributed by atoms with Crippen molar-refractivity contribution in [3.8, 4) is 10.4 Å². The van der Waals surface area contributed by atoms with Gasteiger partial charge in [-0.05, 0) is 42.0 Å². The highest BCUT2D eigenvalue weighted by molar-refractivity contribution is 7.22. The minimum Gasteiger partial charge on any atom is -0.135 e. The van der Waals surface area contributed by atoms with E-state index in [-0.39, 0.29) is 0 Å². The number of benzene rings is 2. The Morgan fingerprint density at radius 2 is 1.72 bits per heavy atom. The fraction of sp³-hybridized carbons (Fsp3) is 0.176. The van der Waals surface area contributed by atoms with Gasteiger partial charge in [-0.15, -0.1) is 11.3 Å². The molecule has 0 N–H and O–H groups in total. The summed E-state index contributed by atoms with van der Waals surface area (Å²) in [6.45, 7) is 4.35. The molecule has 1 aliphatic rings. The summed E-state index contributed by atoms with van der Waals surface area (Å²) >= 11 is 1.95. The Labute approximate surface area is 111 Å². The van der Waals surface area contributed by atoms with Crippen LogP contribution in [0.25, 0.3) is 20.5 Å². The van der Waals surface area contributed by atoms with Crippen molar-refractivity contribution in [1.82, 2.24) is 0 Å². The fourth-order valence-electron chi connectivity index (χ4n) is 2.90. The summed E-state index contributed by atoms with van der Waals surface area (Å²) in [6, 6.07) is 13.7. The van der Waals surface area contributed by atoms with Crippen molar-refractivity contribution in [3.05, 3.63) is 58.7 Å². The maximum atomic E-state index is 2.34. The fourth-order valence-corrected chi connectivity index (χ4v) is 4.16. The van der Waals surface area contributed by atoms with Crippen LogP contribution in [0.15, 0.2) is 36.4 Å². The molecule has 0 spiro atoms. The van der Waals surface area contributed by atoms with E-state index in [9.17, 15) is 0 Å². The van der Waals surface area contributed by atoms with E-state index in [0.29, 0.717) is 0 Å². The minimum atomic E-state index is 1.11. The first-order valence-corrected chi connectivity index (χ1v) is 7.16. The third kappa shape index (κ3) is 1.31. The first-order valence-electron chi connectivity index (χ1n) is 6.34. The van der Waals surface area contributed by atoms with Crippen molar-refractivity contribution < 1.29 is 0 Å². The summed E-state index contributed by atoms with van der Waals surface area (Å²) in [7, 11) is 0. The average Bonchev–Trinajstić information content (AvgIpc) is 2.86. The lowest BCUT2D eigenvalue weighted by atomic mass is 10.1. The topological polar surface area (TPSA) is 0 Å². The Morgan fingerprint density at radius 3 is 2.61 bits per heavy atom. The predicted molar refractivity (Wildman–Crippen MR) is 79.5 cm³/mol. The van der Waals surface area contributed by atoms with Crippen molar-refractivity contribution in [3.63, 3.8) is 0 Å². The molecule has 0 saturated heterocycles. The van der Waals surface area contributed by atoms with Gasteiger partial charge in [-0.3, -0.25) is 0 Å². The molecule has 1 aromatic heterocycles. The second-order valence-corrected chi connectivity index (χ2v) is 6.30. The number of hydrogen-bond acceptors (Lipinski definition) is 1. The Bertz CT molecular complexity index is 778. The number of thiophene rings is 1. The van der Waals surface area contributed by atoms with Crippen LogP contribution in [0.1, 0.15) is 22.3 Å². The summed E-state index contributed by atoms with van der Waals surface area (Å²) < 4.78 is 1.43. The predicted octanol–water partition coefficient (Wildman–Crippen LogP) is 5.09. The van der Waals surface area contributed by atoms with E-state index >= 15 is 0 Å². The quantitative estimate of drug-likeness (QED) is 0.408. The van der Waals surface area contributed by atoms with E-state index in [0.717, 1.165) is 6.42 Å². The molecule has 0 radical (unpaired) electrons. The first-order chi connectivity index (χ1) is 8.72. The monoisotopic (exact) mass is 250 g/mol. The number of hydrogen-bond donors (Lipinski definition) is 0. The Balaban J connectivity index is 2.06. The lowest BCUT2D eigenvalue weighted by Gasteiger charge is -2.00. The molecule has 0 fully saturated rings. The second-order valence-electron chi connectivity index (χ2n) is 5.25. The zero-order valence-corrected chi connectivity index (χ0v) is 11.4. The minimum absolute atomic E-state index is 1.11. The van der Waals surface area contributed by atoms with Crippen LogP contribution in [0.4, 0.5) is 0 Å². The third-order valence-corrected chi connectivity index (χ3v) is 5.07. The molecule has 88 valence electrons. The van der Waals surface area contributed by atoms with E-state index in [1.165, 1.54) is 37.2 Å². The van der Waals surface area contributed by atoms with Gasteiger partial charge in [0.2, 0.25) is 0 Å². The van der Waals surface area contributed by atoms with Crippen LogP contribution < -0.4 is 0 Å². The van der Waals surface area contributed by atoms with Crippen molar-refractivity contribution >= 4 is 21.4 Å². The van der Waals surface area contributed by atoms with Crippen LogP contribution in [-0.2, 0) is 6.42 Å². The van der Waals surface area contributed by atoms with Gasteiger partial charge in [0.05, 0.1) is 0 Å². The average molecular weight is 250 g/mol. The van der Waals surface area contributed by atoms with Crippen LogP contribution in [0.5, 0.6) is 0 Å². The van der Waals surface area contributed by atoms with Crippen LogP contribution in [0, 0.1) is 13.8 Å². The van der Waals surface area contributed by atoms with Gasteiger partial charge in [-0.1, -0.05) is 41.5 Å². The van der Waals surface area contributed by atoms with Gasteiger partial charge in [0, 0.05) is 16.0 Å². The van der Waals surface area contributed by atoms with Gasteiger partial charge < -0.3 is 0 Å². The second kappa shape index (κ2) is 3.46. The van der Waals surface area contributed by atoms with Crippen LogP contribution >= 0.6 is 11.3 Å². The van der Waals surface area contributed by atoms with Crippen molar-refractivity contribution in [1.29, 1.82) is 0 Å². The maximum absolute atomic E-state index is 2.34. The van der Waals surface area contributed by atoms with Crippen molar-refractivity contribution in [2.75, 3.05) is 0 Å². The highest BCUT2D eigenvalue weighted by Crippen LogP contribution is 2.46.